The molecule has 1 aromatic heterocycles. The number of aryl methyl sites for hydroxylation is 1. The molecule has 0 radical (unpaired) electrons. The van der Waals surface area contributed by atoms with Crippen LogP contribution in [0.15, 0.2) is 41.3 Å². The zero-order chi connectivity index (χ0) is 13.8. The molecule has 0 unspecified atom stereocenters. The van der Waals surface area contributed by atoms with Crippen LogP contribution >= 0.6 is 0 Å². The lowest BCUT2D eigenvalue weighted by atomic mass is 10.2. The Morgan fingerprint density at radius 3 is 2.89 bits per heavy atom. The van der Waals surface area contributed by atoms with Gasteiger partial charge >= 0.3 is 0 Å². The maximum absolute atomic E-state index is 11.8. The number of nitrogen functional groups attached to an aromatic ring is 1. The maximum atomic E-state index is 11.8. The first-order valence-electron chi connectivity index (χ1n) is 5.74. The van der Waals surface area contributed by atoms with Crippen molar-refractivity contribution >= 4 is 17.3 Å². The first-order chi connectivity index (χ1) is 9.06. The Morgan fingerprint density at radius 2 is 2.21 bits per heavy atom. The van der Waals surface area contributed by atoms with Crippen LogP contribution in [0.1, 0.15) is 5.56 Å². The van der Waals surface area contributed by atoms with Crippen molar-refractivity contribution in [3.05, 3.63) is 52.4 Å². The van der Waals surface area contributed by atoms with Gasteiger partial charge in [0.25, 0.3) is 5.56 Å². The molecule has 6 heteroatoms. The SMILES string of the molecule is Cc1ccc(NC(=O)Cn2ncccc2=O)cc1N. The Hall–Kier alpha value is -2.63. The summed E-state index contributed by atoms with van der Waals surface area (Å²) in [4.78, 5) is 23.2. The Balaban J connectivity index is 2.08. The molecule has 0 spiro atoms. The first-order valence-corrected chi connectivity index (χ1v) is 5.74. The molecule has 2 rings (SSSR count). The Morgan fingerprint density at radius 1 is 1.42 bits per heavy atom. The molecule has 0 saturated heterocycles. The fraction of sp³-hybridized carbons (Fsp3) is 0.154. The van der Waals surface area contributed by atoms with Crippen molar-refractivity contribution in [3.63, 3.8) is 0 Å². The highest BCUT2D eigenvalue weighted by atomic mass is 16.2. The van der Waals surface area contributed by atoms with Crippen molar-refractivity contribution in [2.45, 2.75) is 13.5 Å². The van der Waals surface area contributed by atoms with Crippen molar-refractivity contribution in [2.24, 2.45) is 0 Å². The van der Waals surface area contributed by atoms with E-state index in [0.717, 1.165) is 10.2 Å². The molecular formula is C13H14N4O2. The van der Waals surface area contributed by atoms with Gasteiger partial charge in [-0.3, -0.25) is 9.59 Å². The molecule has 98 valence electrons. The molecule has 6 nitrogen and oxygen atoms in total. The number of nitrogens with two attached hydrogens (primary N) is 1. The lowest BCUT2D eigenvalue weighted by molar-refractivity contribution is -0.117. The van der Waals surface area contributed by atoms with E-state index in [1.54, 1.807) is 12.1 Å². The van der Waals surface area contributed by atoms with E-state index in [9.17, 15) is 9.59 Å². The molecule has 0 aliphatic carbocycles. The van der Waals surface area contributed by atoms with Gasteiger partial charge in [0.05, 0.1) is 0 Å². The van der Waals surface area contributed by atoms with Crippen molar-refractivity contribution in [1.82, 2.24) is 9.78 Å². The zero-order valence-corrected chi connectivity index (χ0v) is 10.5. The highest BCUT2D eigenvalue weighted by molar-refractivity contribution is 5.91. The lowest BCUT2D eigenvalue weighted by Gasteiger charge is -2.08. The topological polar surface area (TPSA) is 90.0 Å². The van der Waals surface area contributed by atoms with Gasteiger partial charge in [0, 0.05) is 23.6 Å². The van der Waals surface area contributed by atoms with E-state index in [-0.39, 0.29) is 18.0 Å². The minimum Gasteiger partial charge on any atom is -0.398 e. The number of carbonyl (C=O) groups is 1. The summed E-state index contributed by atoms with van der Waals surface area (Å²) in [6.45, 7) is 1.75. The summed E-state index contributed by atoms with van der Waals surface area (Å²) in [6, 6.07) is 8.12. The maximum Gasteiger partial charge on any atom is 0.267 e. The van der Waals surface area contributed by atoms with Gasteiger partial charge in [0.15, 0.2) is 0 Å². The highest BCUT2D eigenvalue weighted by Gasteiger charge is 2.06. The standard InChI is InChI=1S/C13H14N4O2/c1-9-4-5-10(7-11(9)14)16-12(18)8-17-13(19)3-2-6-15-17/h2-7H,8,14H2,1H3,(H,16,18). The van der Waals surface area contributed by atoms with E-state index in [0.29, 0.717) is 11.4 Å². The van der Waals surface area contributed by atoms with Crippen LogP contribution in [0.3, 0.4) is 0 Å². The zero-order valence-electron chi connectivity index (χ0n) is 10.5. The summed E-state index contributed by atoms with van der Waals surface area (Å²) in [5.41, 5.74) is 7.58. The number of carbonyl (C=O) groups excluding carboxylic acids is 1. The van der Waals surface area contributed by atoms with E-state index in [1.807, 2.05) is 13.0 Å². The second-order valence-corrected chi connectivity index (χ2v) is 4.14. The van der Waals surface area contributed by atoms with Gasteiger partial charge in [0.1, 0.15) is 6.54 Å². The van der Waals surface area contributed by atoms with Gasteiger partial charge in [-0.15, -0.1) is 0 Å². The van der Waals surface area contributed by atoms with Crippen LogP contribution in [0.4, 0.5) is 11.4 Å². The summed E-state index contributed by atoms with van der Waals surface area (Å²) in [5.74, 6) is -0.330. The number of hydrogen-bond donors (Lipinski definition) is 2. The molecule has 1 heterocycles. The fourth-order valence-corrected chi connectivity index (χ4v) is 1.56. The molecule has 0 saturated carbocycles. The van der Waals surface area contributed by atoms with E-state index in [4.69, 9.17) is 5.73 Å². The third kappa shape index (κ3) is 3.19. The van der Waals surface area contributed by atoms with E-state index in [2.05, 4.69) is 10.4 Å². The van der Waals surface area contributed by atoms with Gasteiger partial charge in [-0.2, -0.15) is 5.10 Å². The number of rotatable bonds is 3. The van der Waals surface area contributed by atoms with Crippen molar-refractivity contribution in [2.75, 3.05) is 11.1 Å². The van der Waals surface area contributed by atoms with Crippen LogP contribution in [-0.4, -0.2) is 15.7 Å². The molecule has 1 aromatic carbocycles. The van der Waals surface area contributed by atoms with Crippen molar-refractivity contribution in [1.29, 1.82) is 0 Å². The van der Waals surface area contributed by atoms with Crippen LogP contribution < -0.4 is 16.6 Å². The summed E-state index contributed by atoms with van der Waals surface area (Å²) in [6.07, 6.45) is 1.46. The Labute approximate surface area is 109 Å². The molecule has 1 amide bonds. The van der Waals surface area contributed by atoms with Crippen LogP contribution in [-0.2, 0) is 11.3 Å². The van der Waals surface area contributed by atoms with Crippen LogP contribution in [0, 0.1) is 6.92 Å². The fourth-order valence-electron chi connectivity index (χ4n) is 1.56. The summed E-state index contributed by atoms with van der Waals surface area (Å²) in [5, 5.41) is 6.48. The molecule has 0 aliphatic rings. The van der Waals surface area contributed by atoms with Crippen LogP contribution in [0.25, 0.3) is 0 Å². The van der Waals surface area contributed by atoms with Gasteiger partial charge in [0.2, 0.25) is 5.91 Å². The minimum atomic E-state index is -0.330. The predicted octanol–water partition coefficient (Wildman–Crippen LogP) is 0.773. The summed E-state index contributed by atoms with van der Waals surface area (Å²) >= 11 is 0. The van der Waals surface area contributed by atoms with Crippen LogP contribution in [0.2, 0.25) is 0 Å². The van der Waals surface area contributed by atoms with E-state index < -0.39 is 0 Å². The highest BCUT2D eigenvalue weighted by Crippen LogP contribution is 2.16. The smallest absolute Gasteiger partial charge is 0.267 e. The molecule has 3 N–H and O–H groups in total. The van der Waals surface area contributed by atoms with Gasteiger partial charge in [-0.05, 0) is 30.7 Å². The van der Waals surface area contributed by atoms with Crippen molar-refractivity contribution in [3.8, 4) is 0 Å². The molecule has 2 aromatic rings. The van der Waals surface area contributed by atoms with Gasteiger partial charge in [-0.25, -0.2) is 4.68 Å². The molecule has 0 aliphatic heterocycles. The number of nitrogens with zero attached hydrogens (tertiary/aromatic N) is 2. The number of amides is 1. The van der Waals surface area contributed by atoms with Crippen LogP contribution in [0.5, 0.6) is 0 Å². The summed E-state index contributed by atoms with van der Waals surface area (Å²) in [7, 11) is 0. The summed E-state index contributed by atoms with van der Waals surface area (Å²) < 4.78 is 1.09. The van der Waals surface area contributed by atoms with Gasteiger partial charge < -0.3 is 11.1 Å². The average Bonchev–Trinajstić information content (AvgIpc) is 2.37. The number of nitrogens with one attached hydrogen (secondary N) is 1. The first kappa shape index (κ1) is 12.8. The Bertz CT molecular complexity index is 664. The molecular weight excluding hydrogens is 244 g/mol. The second-order valence-electron chi connectivity index (χ2n) is 4.14. The third-order valence-corrected chi connectivity index (χ3v) is 2.64. The lowest BCUT2D eigenvalue weighted by Crippen LogP contribution is -2.28. The normalized spacial score (nSPS) is 10.2. The van der Waals surface area contributed by atoms with E-state index in [1.165, 1.54) is 18.3 Å². The third-order valence-electron chi connectivity index (χ3n) is 2.64. The molecule has 19 heavy (non-hydrogen) atoms. The number of benzene rings is 1. The number of aromatic nitrogens is 2. The second kappa shape index (κ2) is 5.34. The van der Waals surface area contributed by atoms with E-state index >= 15 is 0 Å². The largest absolute Gasteiger partial charge is 0.398 e. The molecule has 0 bridgehead atoms. The number of hydrogen-bond acceptors (Lipinski definition) is 4. The van der Waals surface area contributed by atoms with Crippen molar-refractivity contribution < 1.29 is 4.79 Å². The average molecular weight is 258 g/mol. The predicted molar refractivity (Wildman–Crippen MR) is 72.7 cm³/mol. The Kier molecular flexibility index (Phi) is 3.61. The molecule has 0 fully saturated rings. The molecule has 0 atom stereocenters. The van der Waals surface area contributed by atoms with Gasteiger partial charge in [-0.1, -0.05) is 6.07 Å². The number of anilines is 2. The monoisotopic (exact) mass is 258 g/mol. The minimum absolute atomic E-state index is 0.131. The quantitative estimate of drug-likeness (QED) is 0.796.